The molecule has 1 aliphatic heterocycles. The Morgan fingerprint density at radius 3 is 2.83 bits per heavy atom. The van der Waals surface area contributed by atoms with Crippen LogP contribution in [0, 0.1) is 0 Å². The van der Waals surface area contributed by atoms with Gasteiger partial charge in [-0.2, -0.15) is 0 Å². The normalized spacial score (nSPS) is 17.3. The van der Waals surface area contributed by atoms with Gasteiger partial charge in [-0.15, -0.1) is 0 Å². The van der Waals surface area contributed by atoms with E-state index in [1.54, 1.807) is 29.3 Å². The minimum atomic E-state index is -0.592. The summed E-state index contributed by atoms with van der Waals surface area (Å²) < 4.78 is 5.30. The molecule has 24 heavy (non-hydrogen) atoms. The third-order valence-electron chi connectivity index (χ3n) is 4.41. The molecule has 0 unspecified atom stereocenters. The number of hydrogen-bond donors (Lipinski definition) is 0. The highest BCUT2D eigenvalue weighted by atomic mass is 16.4. The molecular weight excluding hydrogens is 304 g/mol. The van der Waals surface area contributed by atoms with Crippen LogP contribution in [0.5, 0.6) is 0 Å². The lowest BCUT2D eigenvalue weighted by Gasteiger charge is -2.24. The molecular formula is C19H16N2O3. The SMILES string of the molecule is O=C(c1cc2ccccc2oc1=O)N1CCC[C@@H]1c1ccccn1. The topological polar surface area (TPSA) is 63.4 Å². The van der Waals surface area contributed by atoms with Gasteiger partial charge >= 0.3 is 5.63 Å². The van der Waals surface area contributed by atoms with Crippen LogP contribution < -0.4 is 5.63 Å². The van der Waals surface area contributed by atoms with Crippen molar-refractivity contribution >= 4 is 16.9 Å². The lowest BCUT2D eigenvalue weighted by molar-refractivity contribution is 0.0729. The molecule has 0 aliphatic carbocycles. The fraction of sp³-hybridized carbons (Fsp3) is 0.211. The van der Waals surface area contributed by atoms with Crippen molar-refractivity contribution in [1.82, 2.24) is 9.88 Å². The third kappa shape index (κ3) is 2.48. The predicted octanol–water partition coefficient (Wildman–Crippen LogP) is 3.17. The molecule has 0 saturated carbocycles. The lowest BCUT2D eigenvalue weighted by atomic mass is 10.1. The zero-order chi connectivity index (χ0) is 16.5. The molecule has 1 saturated heterocycles. The Hall–Kier alpha value is -2.95. The van der Waals surface area contributed by atoms with Gasteiger partial charge in [-0.05, 0) is 37.1 Å². The minimum absolute atomic E-state index is 0.0801. The Labute approximate surface area is 138 Å². The smallest absolute Gasteiger partial charge is 0.349 e. The Balaban J connectivity index is 1.73. The van der Waals surface area contributed by atoms with Crippen LogP contribution in [-0.2, 0) is 0 Å². The average molecular weight is 320 g/mol. The molecule has 0 N–H and O–H groups in total. The second-order valence-corrected chi connectivity index (χ2v) is 5.90. The molecule has 5 nitrogen and oxygen atoms in total. The average Bonchev–Trinajstić information content (AvgIpc) is 3.11. The van der Waals surface area contributed by atoms with Gasteiger partial charge in [0.15, 0.2) is 0 Å². The number of fused-ring (bicyclic) bond motifs is 1. The summed E-state index contributed by atoms with van der Waals surface area (Å²) >= 11 is 0. The number of carbonyl (C=O) groups is 1. The van der Waals surface area contributed by atoms with Gasteiger partial charge in [0.1, 0.15) is 11.1 Å². The molecule has 1 atom stereocenters. The van der Waals surface area contributed by atoms with Crippen molar-refractivity contribution in [2.24, 2.45) is 0 Å². The van der Waals surface area contributed by atoms with Gasteiger partial charge in [-0.3, -0.25) is 9.78 Å². The molecule has 3 aromatic rings. The van der Waals surface area contributed by atoms with Gasteiger partial charge in [0, 0.05) is 18.1 Å². The number of hydrogen-bond acceptors (Lipinski definition) is 4. The quantitative estimate of drug-likeness (QED) is 0.680. The van der Waals surface area contributed by atoms with Crippen LogP contribution in [0.25, 0.3) is 11.0 Å². The standard InChI is InChI=1S/C19H16N2O3/c22-18(14-12-13-6-1-2-9-17(13)24-19(14)23)21-11-5-8-16(21)15-7-3-4-10-20-15/h1-4,6-7,9-10,12,16H,5,8,11H2/t16-/m1/s1. The Morgan fingerprint density at radius 2 is 2.00 bits per heavy atom. The second kappa shape index (κ2) is 5.92. The van der Waals surface area contributed by atoms with Crippen LogP contribution in [0.4, 0.5) is 0 Å². The summed E-state index contributed by atoms with van der Waals surface area (Å²) in [7, 11) is 0. The van der Waals surface area contributed by atoms with Crippen molar-refractivity contribution in [3.8, 4) is 0 Å². The summed E-state index contributed by atoms with van der Waals surface area (Å²) in [6.45, 7) is 0.617. The minimum Gasteiger partial charge on any atom is -0.422 e. The van der Waals surface area contributed by atoms with Crippen molar-refractivity contribution in [2.75, 3.05) is 6.54 Å². The van der Waals surface area contributed by atoms with E-state index in [2.05, 4.69) is 4.98 Å². The zero-order valence-corrected chi connectivity index (χ0v) is 13.0. The summed E-state index contributed by atoms with van der Waals surface area (Å²) in [5, 5.41) is 0.744. The maximum absolute atomic E-state index is 12.9. The number of para-hydroxylation sites is 1. The fourth-order valence-electron chi connectivity index (χ4n) is 3.26. The molecule has 1 fully saturated rings. The van der Waals surface area contributed by atoms with Gasteiger partial charge < -0.3 is 9.32 Å². The first-order valence-corrected chi connectivity index (χ1v) is 7.99. The third-order valence-corrected chi connectivity index (χ3v) is 4.41. The van der Waals surface area contributed by atoms with E-state index in [-0.39, 0.29) is 17.5 Å². The molecule has 0 radical (unpaired) electrons. The second-order valence-electron chi connectivity index (χ2n) is 5.90. The fourth-order valence-corrected chi connectivity index (χ4v) is 3.26. The van der Waals surface area contributed by atoms with Crippen LogP contribution in [-0.4, -0.2) is 22.3 Å². The first kappa shape index (κ1) is 14.6. The van der Waals surface area contributed by atoms with Gasteiger partial charge in [-0.25, -0.2) is 4.79 Å². The van der Waals surface area contributed by atoms with E-state index in [0.717, 1.165) is 23.9 Å². The molecule has 2 aromatic heterocycles. The van der Waals surface area contributed by atoms with E-state index in [9.17, 15) is 9.59 Å². The van der Waals surface area contributed by atoms with Crippen LogP contribution in [0.1, 0.15) is 34.9 Å². The van der Waals surface area contributed by atoms with Crippen molar-refractivity contribution in [2.45, 2.75) is 18.9 Å². The highest BCUT2D eigenvalue weighted by Crippen LogP contribution is 2.31. The van der Waals surface area contributed by atoms with E-state index >= 15 is 0 Å². The Morgan fingerprint density at radius 1 is 1.17 bits per heavy atom. The number of carbonyl (C=O) groups excluding carboxylic acids is 1. The van der Waals surface area contributed by atoms with Crippen molar-refractivity contribution in [1.29, 1.82) is 0 Å². The molecule has 5 heteroatoms. The largest absolute Gasteiger partial charge is 0.422 e. The van der Waals surface area contributed by atoms with Gasteiger partial charge in [0.05, 0.1) is 11.7 Å². The van der Waals surface area contributed by atoms with Crippen molar-refractivity contribution < 1.29 is 9.21 Å². The van der Waals surface area contributed by atoms with E-state index in [1.165, 1.54) is 0 Å². The molecule has 1 aliphatic rings. The summed E-state index contributed by atoms with van der Waals surface area (Å²) in [5.74, 6) is -0.289. The molecule has 120 valence electrons. The number of nitrogens with zero attached hydrogens (tertiary/aromatic N) is 2. The van der Waals surface area contributed by atoms with Crippen LogP contribution in [0.2, 0.25) is 0 Å². The summed E-state index contributed by atoms with van der Waals surface area (Å²) in [5.41, 5.74) is 0.831. The Kier molecular flexibility index (Phi) is 3.61. The number of rotatable bonds is 2. The maximum atomic E-state index is 12.9. The molecule has 0 spiro atoms. The van der Waals surface area contributed by atoms with E-state index < -0.39 is 5.63 Å². The number of aromatic nitrogens is 1. The Bertz CT molecular complexity index is 949. The number of benzene rings is 1. The molecule has 1 amide bonds. The predicted molar refractivity (Wildman–Crippen MR) is 89.7 cm³/mol. The summed E-state index contributed by atoms with van der Waals surface area (Å²) in [6.07, 6.45) is 3.47. The first-order chi connectivity index (χ1) is 11.7. The number of amides is 1. The van der Waals surface area contributed by atoms with Gasteiger partial charge in [-0.1, -0.05) is 24.3 Å². The van der Waals surface area contributed by atoms with E-state index in [0.29, 0.717) is 12.1 Å². The van der Waals surface area contributed by atoms with Crippen LogP contribution in [0.15, 0.2) is 63.9 Å². The van der Waals surface area contributed by atoms with Gasteiger partial charge in [0.25, 0.3) is 5.91 Å². The number of likely N-dealkylation sites (tertiary alicyclic amines) is 1. The van der Waals surface area contributed by atoms with Crippen molar-refractivity contribution in [3.05, 3.63) is 76.4 Å². The summed E-state index contributed by atoms with van der Waals surface area (Å²) in [6, 6.07) is 14.4. The zero-order valence-electron chi connectivity index (χ0n) is 13.0. The molecule has 4 rings (SSSR count). The highest BCUT2D eigenvalue weighted by molar-refractivity contribution is 5.97. The molecule has 3 heterocycles. The van der Waals surface area contributed by atoms with Gasteiger partial charge in [0.2, 0.25) is 0 Å². The monoisotopic (exact) mass is 320 g/mol. The number of pyridine rings is 1. The maximum Gasteiger partial charge on any atom is 0.349 e. The van der Waals surface area contributed by atoms with Crippen molar-refractivity contribution in [3.63, 3.8) is 0 Å². The van der Waals surface area contributed by atoms with E-state index in [4.69, 9.17) is 4.42 Å². The molecule has 1 aromatic carbocycles. The van der Waals surface area contributed by atoms with Crippen LogP contribution >= 0.6 is 0 Å². The van der Waals surface area contributed by atoms with Crippen LogP contribution in [0.3, 0.4) is 0 Å². The highest BCUT2D eigenvalue weighted by Gasteiger charge is 2.32. The molecule has 0 bridgehead atoms. The lowest BCUT2D eigenvalue weighted by Crippen LogP contribution is -2.34. The van der Waals surface area contributed by atoms with E-state index in [1.807, 2.05) is 30.3 Å². The summed E-state index contributed by atoms with van der Waals surface area (Å²) in [4.78, 5) is 31.3. The first-order valence-electron chi connectivity index (χ1n) is 7.99.